The predicted octanol–water partition coefficient (Wildman–Crippen LogP) is 1.43. The minimum absolute atomic E-state index is 0.200. The number of H-pyrrole nitrogens is 1. The minimum Gasteiger partial charge on any atom is -0.347 e. The number of nitrogens with zero attached hydrogens (tertiary/aromatic N) is 3. The van der Waals surface area contributed by atoms with Crippen LogP contribution in [0, 0.1) is 0 Å². The largest absolute Gasteiger partial charge is 0.347 e. The van der Waals surface area contributed by atoms with Crippen LogP contribution in [0.3, 0.4) is 0 Å². The molecule has 17 heavy (non-hydrogen) atoms. The Balaban J connectivity index is 2.08. The molecule has 0 aliphatic rings. The van der Waals surface area contributed by atoms with Gasteiger partial charge in [-0.3, -0.25) is 0 Å². The standard InChI is InChI=1S/C12H19N5/c1-3-4-13-10(12-15-5-6-16-12)9-11-14-7-8-17(11)2/h5-8,10,13H,3-4,9H2,1-2H3,(H,15,16). The Kier molecular flexibility index (Phi) is 3.93. The SMILES string of the molecule is CCCNC(Cc1nccn1C)c1ncc[nH]1. The third kappa shape index (κ3) is 2.94. The van der Waals surface area contributed by atoms with Gasteiger partial charge in [0.2, 0.25) is 0 Å². The van der Waals surface area contributed by atoms with Crippen molar-refractivity contribution in [1.82, 2.24) is 24.8 Å². The fourth-order valence-corrected chi connectivity index (χ4v) is 1.83. The first-order valence-electron chi connectivity index (χ1n) is 6.00. The summed E-state index contributed by atoms with van der Waals surface area (Å²) in [6.07, 6.45) is 9.39. The van der Waals surface area contributed by atoms with E-state index in [0.717, 1.165) is 31.0 Å². The minimum atomic E-state index is 0.200. The molecule has 2 rings (SSSR count). The van der Waals surface area contributed by atoms with E-state index in [9.17, 15) is 0 Å². The zero-order valence-corrected chi connectivity index (χ0v) is 10.3. The summed E-state index contributed by atoms with van der Waals surface area (Å²) in [4.78, 5) is 11.8. The van der Waals surface area contributed by atoms with Crippen molar-refractivity contribution in [1.29, 1.82) is 0 Å². The summed E-state index contributed by atoms with van der Waals surface area (Å²) in [5.41, 5.74) is 0. The highest BCUT2D eigenvalue weighted by Crippen LogP contribution is 2.13. The van der Waals surface area contributed by atoms with Crippen molar-refractivity contribution in [3.8, 4) is 0 Å². The Labute approximate surface area is 101 Å². The summed E-state index contributed by atoms with van der Waals surface area (Å²) in [7, 11) is 2.02. The van der Waals surface area contributed by atoms with Gasteiger partial charge in [-0.15, -0.1) is 0 Å². The molecule has 5 heteroatoms. The second kappa shape index (κ2) is 5.63. The number of aromatic nitrogens is 4. The van der Waals surface area contributed by atoms with Gasteiger partial charge in [0.1, 0.15) is 11.6 Å². The lowest BCUT2D eigenvalue weighted by atomic mass is 10.2. The molecule has 2 aromatic rings. The zero-order valence-electron chi connectivity index (χ0n) is 10.3. The lowest BCUT2D eigenvalue weighted by Crippen LogP contribution is -2.26. The second-order valence-corrected chi connectivity index (χ2v) is 4.14. The van der Waals surface area contributed by atoms with Gasteiger partial charge >= 0.3 is 0 Å². The molecule has 0 spiro atoms. The van der Waals surface area contributed by atoms with E-state index in [1.54, 1.807) is 6.20 Å². The van der Waals surface area contributed by atoms with Gasteiger partial charge in [-0.1, -0.05) is 6.92 Å². The molecule has 1 atom stereocenters. The van der Waals surface area contributed by atoms with Crippen LogP contribution in [0.25, 0.3) is 0 Å². The van der Waals surface area contributed by atoms with E-state index >= 15 is 0 Å². The molecule has 2 aromatic heterocycles. The van der Waals surface area contributed by atoms with Gasteiger partial charge < -0.3 is 14.9 Å². The summed E-state index contributed by atoms with van der Waals surface area (Å²) >= 11 is 0. The number of rotatable bonds is 6. The first-order chi connectivity index (χ1) is 8.31. The molecule has 0 bridgehead atoms. The maximum atomic E-state index is 4.35. The molecule has 2 heterocycles. The first-order valence-corrected chi connectivity index (χ1v) is 6.00. The normalized spacial score (nSPS) is 12.8. The van der Waals surface area contributed by atoms with Crippen LogP contribution < -0.4 is 5.32 Å². The van der Waals surface area contributed by atoms with Crippen molar-refractivity contribution in [3.05, 3.63) is 36.4 Å². The molecule has 5 nitrogen and oxygen atoms in total. The lowest BCUT2D eigenvalue weighted by Gasteiger charge is -2.16. The van der Waals surface area contributed by atoms with E-state index in [-0.39, 0.29) is 6.04 Å². The summed E-state index contributed by atoms with van der Waals surface area (Å²) < 4.78 is 2.05. The Morgan fingerprint density at radius 1 is 1.41 bits per heavy atom. The monoisotopic (exact) mass is 233 g/mol. The van der Waals surface area contributed by atoms with Gasteiger partial charge in [0.15, 0.2) is 0 Å². The fraction of sp³-hybridized carbons (Fsp3) is 0.500. The van der Waals surface area contributed by atoms with Gasteiger partial charge in [0.25, 0.3) is 0 Å². The number of hydrogen-bond donors (Lipinski definition) is 2. The third-order valence-electron chi connectivity index (χ3n) is 2.80. The molecule has 0 aliphatic carbocycles. The molecule has 0 aliphatic heterocycles. The Morgan fingerprint density at radius 2 is 2.29 bits per heavy atom. The highest BCUT2D eigenvalue weighted by molar-refractivity contribution is 5.02. The molecule has 0 radical (unpaired) electrons. The second-order valence-electron chi connectivity index (χ2n) is 4.14. The molecule has 92 valence electrons. The van der Waals surface area contributed by atoms with Crippen LogP contribution in [0.5, 0.6) is 0 Å². The van der Waals surface area contributed by atoms with Crippen molar-refractivity contribution < 1.29 is 0 Å². The van der Waals surface area contributed by atoms with Crippen molar-refractivity contribution >= 4 is 0 Å². The maximum Gasteiger partial charge on any atom is 0.123 e. The Hall–Kier alpha value is -1.62. The Morgan fingerprint density at radius 3 is 2.88 bits per heavy atom. The first kappa shape index (κ1) is 11.9. The summed E-state index contributed by atoms with van der Waals surface area (Å²) in [6, 6.07) is 0.200. The van der Waals surface area contributed by atoms with Gasteiger partial charge in [-0.2, -0.15) is 0 Å². The van der Waals surface area contributed by atoms with Crippen LogP contribution in [0.2, 0.25) is 0 Å². The average Bonchev–Trinajstić information content (AvgIpc) is 2.96. The molecule has 0 aromatic carbocycles. The number of aromatic amines is 1. The van der Waals surface area contributed by atoms with E-state index in [2.05, 4.69) is 27.2 Å². The maximum absolute atomic E-state index is 4.35. The summed E-state index contributed by atoms with van der Waals surface area (Å²) in [5, 5.41) is 3.49. The number of nitrogens with one attached hydrogen (secondary N) is 2. The van der Waals surface area contributed by atoms with E-state index in [4.69, 9.17) is 0 Å². The molecule has 0 amide bonds. The molecular weight excluding hydrogens is 214 g/mol. The molecule has 0 fully saturated rings. The molecule has 0 saturated carbocycles. The topological polar surface area (TPSA) is 58.5 Å². The van der Waals surface area contributed by atoms with E-state index < -0.39 is 0 Å². The van der Waals surface area contributed by atoms with Crippen LogP contribution in [-0.4, -0.2) is 26.1 Å². The molecule has 2 N–H and O–H groups in total. The van der Waals surface area contributed by atoms with Gasteiger partial charge in [0, 0.05) is 38.3 Å². The smallest absolute Gasteiger partial charge is 0.123 e. The van der Waals surface area contributed by atoms with Crippen molar-refractivity contribution in [2.24, 2.45) is 7.05 Å². The lowest BCUT2D eigenvalue weighted by molar-refractivity contribution is 0.493. The van der Waals surface area contributed by atoms with Gasteiger partial charge in [-0.25, -0.2) is 9.97 Å². The number of imidazole rings is 2. The van der Waals surface area contributed by atoms with Crippen LogP contribution in [-0.2, 0) is 13.5 Å². The van der Waals surface area contributed by atoms with Crippen molar-refractivity contribution in [3.63, 3.8) is 0 Å². The van der Waals surface area contributed by atoms with E-state index in [0.29, 0.717) is 0 Å². The third-order valence-corrected chi connectivity index (χ3v) is 2.80. The molecule has 0 saturated heterocycles. The summed E-state index contributed by atoms with van der Waals surface area (Å²) in [5.74, 6) is 2.04. The average molecular weight is 233 g/mol. The quantitative estimate of drug-likeness (QED) is 0.793. The highest BCUT2D eigenvalue weighted by atomic mass is 15.1. The van der Waals surface area contributed by atoms with Crippen LogP contribution in [0.15, 0.2) is 24.8 Å². The molecule has 1 unspecified atom stereocenters. The van der Waals surface area contributed by atoms with Crippen molar-refractivity contribution in [2.75, 3.05) is 6.54 Å². The van der Waals surface area contributed by atoms with Crippen LogP contribution in [0.4, 0.5) is 0 Å². The van der Waals surface area contributed by atoms with Crippen molar-refractivity contribution in [2.45, 2.75) is 25.8 Å². The predicted molar refractivity (Wildman–Crippen MR) is 66.5 cm³/mol. The fourth-order valence-electron chi connectivity index (χ4n) is 1.83. The summed E-state index contributed by atoms with van der Waals surface area (Å²) in [6.45, 7) is 3.14. The Bertz CT molecular complexity index is 431. The van der Waals surface area contributed by atoms with Gasteiger partial charge in [0.05, 0.1) is 6.04 Å². The van der Waals surface area contributed by atoms with Crippen LogP contribution in [0.1, 0.15) is 31.0 Å². The van der Waals surface area contributed by atoms with E-state index in [1.807, 2.05) is 30.2 Å². The van der Waals surface area contributed by atoms with Crippen LogP contribution >= 0.6 is 0 Å². The highest BCUT2D eigenvalue weighted by Gasteiger charge is 2.15. The zero-order chi connectivity index (χ0) is 12.1. The van der Waals surface area contributed by atoms with E-state index in [1.165, 1.54) is 0 Å². The number of aryl methyl sites for hydroxylation is 1. The molecular formula is C12H19N5. The van der Waals surface area contributed by atoms with Gasteiger partial charge in [-0.05, 0) is 13.0 Å². The number of hydrogen-bond acceptors (Lipinski definition) is 3.